The highest BCUT2D eigenvalue weighted by atomic mass is 16.5. The average molecular weight is 275 g/mol. The van der Waals surface area contributed by atoms with Gasteiger partial charge in [0.1, 0.15) is 5.69 Å². The lowest BCUT2D eigenvalue weighted by Gasteiger charge is -2.06. The summed E-state index contributed by atoms with van der Waals surface area (Å²) in [6.45, 7) is 0.902. The molecule has 106 valence electrons. The minimum atomic E-state index is -0.478. The van der Waals surface area contributed by atoms with Gasteiger partial charge in [-0.2, -0.15) is 0 Å². The zero-order valence-corrected chi connectivity index (χ0v) is 11.2. The Morgan fingerprint density at radius 1 is 1.05 bits per heavy atom. The van der Waals surface area contributed by atoms with Gasteiger partial charge in [0.15, 0.2) is 0 Å². The fourth-order valence-electron chi connectivity index (χ4n) is 1.78. The molecule has 20 heavy (non-hydrogen) atoms. The van der Waals surface area contributed by atoms with Crippen molar-refractivity contribution in [2.75, 3.05) is 13.2 Å². The SMILES string of the molecule is O=C(OCC1CC1)c1ccnc(C(=O)OCC2CC2)c1. The second-order valence-electron chi connectivity index (χ2n) is 5.51. The summed E-state index contributed by atoms with van der Waals surface area (Å²) in [4.78, 5) is 27.6. The van der Waals surface area contributed by atoms with Gasteiger partial charge in [0.2, 0.25) is 0 Å². The molecule has 0 N–H and O–H groups in total. The van der Waals surface area contributed by atoms with E-state index in [-0.39, 0.29) is 5.69 Å². The Labute approximate surface area is 117 Å². The molecule has 0 aliphatic heterocycles. The fraction of sp³-hybridized carbons (Fsp3) is 0.533. The lowest BCUT2D eigenvalue weighted by atomic mass is 10.2. The first-order valence-corrected chi connectivity index (χ1v) is 7.02. The van der Waals surface area contributed by atoms with Crippen molar-refractivity contribution in [1.29, 1.82) is 0 Å². The Morgan fingerprint density at radius 3 is 2.25 bits per heavy atom. The number of carbonyl (C=O) groups is 2. The summed E-state index contributed by atoms with van der Waals surface area (Å²) < 4.78 is 10.3. The van der Waals surface area contributed by atoms with E-state index in [1.165, 1.54) is 12.3 Å². The lowest BCUT2D eigenvalue weighted by molar-refractivity contribution is 0.0478. The summed E-state index contributed by atoms with van der Waals surface area (Å²) in [5.41, 5.74) is 0.505. The number of aromatic nitrogens is 1. The summed E-state index contributed by atoms with van der Waals surface area (Å²) in [6, 6.07) is 2.98. The van der Waals surface area contributed by atoms with Crippen molar-refractivity contribution < 1.29 is 19.1 Å². The van der Waals surface area contributed by atoms with Gasteiger partial charge in [0, 0.05) is 6.20 Å². The molecule has 0 atom stereocenters. The predicted molar refractivity (Wildman–Crippen MR) is 70.3 cm³/mol. The first-order valence-electron chi connectivity index (χ1n) is 7.02. The number of esters is 2. The van der Waals surface area contributed by atoms with Crippen LogP contribution in [0.5, 0.6) is 0 Å². The maximum Gasteiger partial charge on any atom is 0.356 e. The van der Waals surface area contributed by atoms with Crippen LogP contribution in [0, 0.1) is 11.8 Å². The molecular formula is C15H17NO4. The quantitative estimate of drug-likeness (QED) is 0.745. The van der Waals surface area contributed by atoms with Crippen molar-refractivity contribution >= 4 is 11.9 Å². The van der Waals surface area contributed by atoms with Crippen LogP contribution in [0.1, 0.15) is 46.5 Å². The van der Waals surface area contributed by atoms with Gasteiger partial charge in [0.25, 0.3) is 0 Å². The van der Waals surface area contributed by atoms with E-state index >= 15 is 0 Å². The van der Waals surface area contributed by atoms with Crippen molar-refractivity contribution in [3.05, 3.63) is 29.6 Å². The summed E-state index contributed by atoms with van der Waals surface area (Å²) in [5.74, 6) is 0.138. The average Bonchev–Trinajstić information content (AvgIpc) is 3.36. The topological polar surface area (TPSA) is 65.5 Å². The largest absolute Gasteiger partial charge is 0.462 e. The Balaban J connectivity index is 1.58. The second kappa shape index (κ2) is 5.61. The molecule has 5 nitrogen and oxygen atoms in total. The molecule has 1 aromatic heterocycles. The van der Waals surface area contributed by atoms with Crippen LogP contribution in [-0.4, -0.2) is 30.1 Å². The van der Waals surface area contributed by atoms with E-state index in [9.17, 15) is 9.59 Å². The van der Waals surface area contributed by atoms with E-state index in [1.54, 1.807) is 6.07 Å². The predicted octanol–water partition coefficient (Wildman–Crippen LogP) is 2.22. The Kier molecular flexibility index (Phi) is 3.67. The van der Waals surface area contributed by atoms with Crippen LogP contribution in [0.25, 0.3) is 0 Å². The Bertz CT molecular complexity index is 477. The monoisotopic (exact) mass is 275 g/mol. The van der Waals surface area contributed by atoms with Crippen LogP contribution in [0.3, 0.4) is 0 Å². The molecule has 3 rings (SSSR count). The summed E-state index contributed by atoms with van der Waals surface area (Å²) in [5, 5.41) is 0. The van der Waals surface area contributed by atoms with Crippen LogP contribution in [-0.2, 0) is 9.47 Å². The van der Waals surface area contributed by atoms with E-state index in [0.717, 1.165) is 25.7 Å². The molecule has 2 saturated carbocycles. The molecule has 2 fully saturated rings. The fourth-order valence-corrected chi connectivity index (χ4v) is 1.78. The Hall–Kier alpha value is -1.91. The van der Waals surface area contributed by atoms with Gasteiger partial charge in [0.05, 0.1) is 18.8 Å². The van der Waals surface area contributed by atoms with Gasteiger partial charge in [-0.05, 0) is 49.7 Å². The number of rotatable bonds is 6. The molecule has 0 amide bonds. The molecule has 0 aromatic carbocycles. The number of pyridine rings is 1. The number of nitrogens with zero attached hydrogens (tertiary/aromatic N) is 1. The third kappa shape index (κ3) is 3.56. The van der Waals surface area contributed by atoms with Crippen LogP contribution in [0.2, 0.25) is 0 Å². The van der Waals surface area contributed by atoms with Crippen molar-refractivity contribution in [2.24, 2.45) is 11.8 Å². The van der Waals surface area contributed by atoms with E-state index in [2.05, 4.69) is 4.98 Å². The molecule has 0 saturated heterocycles. The van der Waals surface area contributed by atoms with Crippen LogP contribution in [0.15, 0.2) is 18.3 Å². The number of hydrogen-bond acceptors (Lipinski definition) is 5. The zero-order valence-electron chi connectivity index (χ0n) is 11.2. The maximum atomic E-state index is 11.8. The van der Waals surface area contributed by atoms with Crippen LogP contribution in [0.4, 0.5) is 0 Å². The molecule has 1 heterocycles. The maximum absolute atomic E-state index is 11.8. The van der Waals surface area contributed by atoms with Gasteiger partial charge in [-0.3, -0.25) is 0 Å². The summed E-state index contributed by atoms with van der Waals surface area (Å²) in [7, 11) is 0. The lowest BCUT2D eigenvalue weighted by Crippen LogP contribution is -2.12. The smallest absolute Gasteiger partial charge is 0.356 e. The molecule has 2 aliphatic rings. The van der Waals surface area contributed by atoms with E-state index in [4.69, 9.17) is 9.47 Å². The first-order chi connectivity index (χ1) is 9.72. The third-order valence-electron chi connectivity index (χ3n) is 3.50. The second-order valence-corrected chi connectivity index (χ2v) is 5.51. The first kappa shape index (κ1) is 13.1. The van der Waals surface area contributed by atoms with Gasteiger partial charge >= 0.3 is 11.9 Å². The van der Waals surface area contributed by atoms with E-state index in [0.29, 0.717) is 30.6 Å². The molecular weight excluding hydrogens is 258 g/mol. The molecule has 1 aromatic rings. The molecule has 0 spiro atoms. The molecule has 5 heteroatoms. The van der Waals surface area contributed by atoms with Crippen molar-refractivity contribution in [3.8, 4) is 0 Å². The van der Waals surface area contributed by atoms with Crippen LogP contribution >= 0.6 is 0 Å². The third-order valence-corrected chi connectivity index (χ3v) is 3.50. The molecule has 0 bridgehead atoms. The van der Waals surface area contributed by atoms with Gasteiger partial charge < -0.3 is 9.47 Å². The van der Waals surface area contributed by atoms with Gasteiger partial charge in [-0.15, -0.1) is 0 Å². The van der Waals surface area contributed by atoms with E-state index < -0.39 is 11.9 Å². The summed E-state index contributed by atoms with van der Waals surface area (Å²) >= 11 is 0. The number of carbonyl (C=O) groups excluding carboxylic acids is 2. The van der Waals surface area contributed by atoms with Crippen molar-refractivity contribution in [1.82, 2.24) is 4.98 Å². The van der Waals surface area contributed by atoms with Crippen molar-refractivity contribution in [3.63, 3.8) is 0 Å². The highest BCUT2D eigenvalue weighted by Crippen LogP contribution is 2.29. The molecule has 2 aliphatic carbocycles. The highest BCUT2D eigenvalue weighted by Gasteiger charge is 2.25. The minimum Gasteiger partial charge on any atom is -0.462 e. The van der Waals surface area contributed by atoms with Crippen molar-refractivity contribution in [2.45, 2.75) is 25.7 Å². The Morgan fingerprint density at radius 2 is 1.65 bits per heavy atom. The normalized spacial score (nSPS) is 17.6. The van der Waals surface area contributed by atoms with Crippen LogP contribution < -0.4 is 0 Å². The minimum absolute atomic E-state index is 0.159. The zero-order chi connectivity index (χ0) is 13.9. The molecule has 0 radical (unpaired) electrons. The molecule has 0 unspecified atom stereocenters. The number of hydrogen-bond donors (Lipinski definition) is 0. The van der Waals surface area contributed by atoms with Gasteiger partial charge in [-0.1, -0.05) is 0 Å². The highest BCUT2D eigenvalue weighted by molar-refractivity contribution is 5.93. The summed E-state index contributed by atoms with van der Waals surface area (Å²) in [6.07, 6.45) is 5.93. The van der Waals surface area contributed by atoms with E-state index in [1.807, 2.05) is 0 Å². The number of ether oxygens (including phenoxy) is 2. The standard InChI is InChI=1S/C15H17NO4/c17-14(19-8-10-1-2-10)12-5-6-16-13(7-12)15(18)20-9-11-3-4-11/h5-7,10-11H,1-4,8-9H2. The van der Waals surface area contributed by atoms with Gasteiger partial charge in [-0.25, -0.2) is 14.6 Å².